The second-order valence-electron chi connectivity index (χ2n) is 4.18. The van der Waals surface area contributed by atoms with Crippen molar-refractivity contribution in [2.75, 3.05) is 24.2 Å². The maximum atomic E-state index is 9.75. The van der Waals surface area contributed by atoms with Gasteiger partial charge in [-0.2, -0.15) is 0 Å². The van der Waals surface area contributed by atoms with Crippen LogP contribution in [0, 0.1) is 5.92 Å². The number of hydrogen-bond acceptors (Lipinski definition) is 4. The summed E-state index contributed by atoms with van der Waals surface area (Å²) in [4.78, 5) is 4.24. The summed E-state index contributed by atoms with van der Waals surface area (Å²) in [5, 5.41) is 16.6. The maximum Gasteiger partial charge on any atom is 0.147 e. The average Bonchev–Trinajstić information content (AvgIpc) is 3.11. The van der Waals surface area contributed by atoms with Gasteiger partial charge >= 0.3 is 0 Å². The number of pyridine rings is 1. The number of halogens is 2. The number of hydrogen-bond donors (Lipinski definition) is 3. The number of aliphatic hydroxyl groups is 1. The molecule has 1 heterocycles. The minimum atomic E-state index is -0.332. The van der Waals surface area contributed by atoms with E-state index in [1.165, 1.54) is 0 Å². The summed E-state index contributed by atoms with van der Waals surface area (Å²) in [6.07, 6.45) is 1.88. The first-order valence-electron chi connectivity index (χ1n) is 5.57. The molecule has 2 rings (SSSR count). The molecule has 0 amide bonds. The molecule has 0 spiro atoms. The van der Waals surface area contributed by atoms with Crippen molar-refractivity contribution in [1.82, 2.24) is 4.98 Å². The number of aromatic nitrogens is 1. The van der Waals surface area contributed by atoms with Crippen molar-refractivity contribution in [3.05, 3.63) is 16.1 Å². The van der Waals surface area contributed by atoms with Gasteiger partial charge < -0.3 is 15.7 Å². The first-order valence-corrected chi connectivity index (χ1v) is 6.33. The van der Waals surface area contributed by atoms with Crippen molar-refractivity contribution < 1.29 is 5.11 Å². The average molecular weight is 276 g/mol. The smallest absolute Gasteiger partial charge is 0.147 e. The normalized spacial score (nSPS) is 16.7. The van der Waals surface area contributed by atoms with Gasteiger partial charge in [0.05, 0.1) is 16.1 Å². The summed E-state index contributed by atoms with van der Waals surface area (Å²) in [7, 11) is 1.74. The highest BCUT2D eigenvalue weighted by atomic mass is 35.5. The SMILES string of the molecule is CNc1nc(NCC(O)C2CC2)c(Cl)cc1Cl. The van der Waals surface area contributed by atoms with E-state index >= 15 is 0 Å². The Kier molecular flexibility index (Phi) is 3.97. The van der Waals surface area contributed by atoms with E-state index in [1.54, 1.807) is 13.1 Å². The fourth-order valence-electron chi connectivity index (χ4n) is 1.61. The Hall–Kier alpha value is -0.710. The van der Waals surface area contributed by atoms with E-state index < -0.39 is 0 Å². The molecule has 1 saturated carbocycles. The van der Waals surface area contributed by atoms with E-state index in [9.17, 15) is 5.11 Å². The highest BCUT2D eigenvalue weighted by molar-refractivity contribution is 6.37. The van der Waals surface area contributed by atoms with Crippen LogP contribution in [0.4, 0.5) is 11.6 Å². The zero-order valence-corrected chi connectivity index (χ0v) is 11.0. The fraction of sp³-hybridized carbons (Fsp3) is 0.545. The van der Waals surface area contributed by atoms with Gasteiger partial charge in [-0.15, -0.1) is 0 Å². The molecule has 94 valence electrons. The molecule has 4 nitrogen and oxygen atoms in total. The lowest BCUT2D eigenvalue weighted by Gasteiger charge is -2.13. The molecule has 1 unspecified atom stereocenters. The van der Waals surface area contributed by atoms with Crippen LogP contribution in [0.25, 0.3) is 0 Å². The van der Waals surface area contributed by atoms with Gasteiger partial charge in [0.2, 0.25) is 0 Å². The molecule has 0 bridgehead atoms. The zero-order chi connectivity index (χ0) is 12.4. The van der Waals surface area contributed by atoms with Crippen molar-refractivity contribution in [1.29, 1.82) is 0 Å². The summed E-state index contributed by atoms with van der Waals surface area (Å²) >= 11 is 12.0. The quantitative estimate of drug-likeness (QED) is 0.773. The van der Waals surface area contributed by atoms with Gasteiger partial charge in [0.25, 0.3) is 0 Å². The van der Waals surface area contributed by atoms with Crippen molar-refractivity contribution in [3.63, 3.8) is 0 Å². The predicted molar refractivity (Wildman–Crippen MR) is 71.0 cm³/mol. The van der Waals surface area contributed by atoms with Gasteiger partial charge in [0.15, 0.2) is 0 Å². The highest BCUT2D eigenvalue weighted by Gasteiger charge is 2.29. The van der Waals surface area contributed by atoms with Gasteiger partial charge in [0.1, 0.15) is 11.6 Å². The first-order chi connectivity index (χ1) is 8.11. The molecular weight excluding hydrogens is 261 g/mol. The second kappa shape index (κ2) is 5.29. The minimum Gasteiger partial charge on any atom is -0.391 e. The molecule has 0 radical (unpaired) electrons. The Labute approximate surface area is 110 Å². The topological polar surface area (TPSA) is 57.2 Å². The van der Waals surface area contributed by atoms with Crippen LogP contribution in [0.3, 0.4) is 0 Å². The molecule has 17 heavy (non-hydrogen) atoms. The molecule has 0 aromatic carbocycles. The molecule has 1 fully saturated rings. The van der Waals surface area contributed by atoms with E-state index in [-0.39, 0.29) is 6.10 Å². The number of rotatable bonds is 5. The monoisotopic (exact) mass is 275 g/mol. The summed E-state index contributed by atoms with van der Waals surface area (Å²) in [5.74, 6) is 1.54. The maximum absolute atomic E-state index is 9.75. The van der Waals surface area contributed by atoms with Crippen molar-refractivity contribution in [2.24, 2.45) is 5.92 Å². The summed E-state index contributed by atoms with van der Waals surface area (Å²) in [6, 6.07) is 1.63. The van der Waals surface area contributed by atoms with Gasteiger partial charge in [0, 0.05) is 13.6 Å². The van der Waals surface area contributed by atoms with Crippen LogP contribution < -0.4 is 10.6 Å². The van der Waals surface area contributed by atoms with Crippen LogP contribution in [0.15, 0.2) is 6.07 Å². The lowest BCUT2D eigenvalue weighted by atomic mass is 10.2. The Bertz CT molecular complexity index is 410. The fourth-order valence-corrected chi connectivity index (χ4v) is 2.13. The Morgan fingerprint density at radius 2 is 2.06 bits per heavy atom. The van der Waals surface area contributed by atoms with E-state index in [4.69, 9.17) is 23.2 Å². The van der Waals surface area contributed by atoms with Gasteiger partial charge in [-0.05, 0) is 24.8 Å². The molecule has 3 N–H and O–H groups in total. The standard InChI is InChI=1S/C11H15Cl2N3O/c1-14-10-7(12)4-8(13)11(16-10)15-5-9(17)6-2-3-6/h4,6,9,17H,2-3,5H2,1H3,(H2,14,15,16). The first kappa shape index (κ1) is 12.7. The van der Waals surface area contributed by atoms with E-state index in [2.05, 4.69) is 15.6 Å². The lowest BCUT2D eigenvalue weighted by molar-refractivity contribution is 0.164. The number of aliphatic hydroxyl groups excluding tert-OH is 1. The van der Waals surface area contributed by atoms with Crippen LogP contribution in [0.1, 0.15) is 12.8 Å². The van der Waals surface area contributed by atoms with Crippen molar-refractivity contribution in [3.8, 4) is 0 Å². The Morgan fingerprint density at radius 1 is 1.41 bits per heavy atom. The largest absolute Gasteiger partial charge is 0.391 e. The highest BCUT2D eigenvalue weighted by Crippen LogP contribution is 2.33. The summed E-state index contributed by atoms with van der Waals surface area (Å²) in [5.41, 5.74) is 0. The second-order valence-corrected chi connectivity index (χ2v) is 5.00. The van der Waals surface area contributed by atoms with Crippen LogP contribution in [0.5, 0.6) is 0 Å². The molecule has 1 aromatic rings. The number of nitrogens with zero attached hydrogens (tertiary/aromatic N) is 1. The van der Waals surface area contributed by atoms with Crippen molar-refractivity contribution in [2.45, 2.75) is 18.9 Å². The third-order valence-electron chi connectivity index (χ3n) is 2.81. The van der Waals surface area contributed by atoms with Crippen molar-refractivity contribution >= 4 is 34.8 Å². The number of nitrogens with one attached hydrogen (secondary N) is 2. The molecule has 0 aliphatic heterocycles. The molecule has 1 aliphatic carbocycles. The van der Waals surface area contributed by atoms with Crippen LogP contribution in [-0.4, -0.2) is 29.8 Å². The van der Waals surface area contributed by atoms with Crippen LogP contribution in [0.2, 0.25) is 10.0 Å². The van der Waals surface area contributed by atoms with Gasteiger partial charge in [-0.1, -0.05) is 23.2 Å². The van der Waals surface area contributed by atoms with Crippen LogP contribution >= 0.6 is 23.2 Å². The summed E-state index contributed by atoms with van der Waals surface area (Å²) < 4.78 is 0. The van der Waals surface area contributed by atoms with Crippen LogP contribution in [-0.2, 0) is 0 Å². The van der Waals surface area contributed by atoms with E-state index in [0.29, 0.717) is 34.1 Å². The molecule has 6 heteroatoms. The molecule has 1 aliphatic rings. The predicted octanol–water partition coefficient (Wildman–Crippen LogP) is 2.61. The third-order valence-corrected chi connectivity index (χ3v) is 3.39. The molecular formula is C11H15Cl2N3O. The Balaban J connectivity index is 2.03. The minimum absolute atomic E-state index is 0.332. The molecule has 0 saturated heterocycles. The summed E-state index contributed by atoms with van der Waals surface area (Å²) in [6.45, 7) is 0.460. The lowest BCUT2D eigenvalue weighted by Crippen LogP contribution is -2.22. The molecule has 1 aromatic heterocycles. The third kappa shape index (κ3) is 3.15. The number of anilines is 2. The van der Waals surface area contributed by atoms with Gasteiger partial charge in [-0.25, -0.2) is 4.98 Å². The zero-order valence-electron chi connectivity index (χ0n) is 9.50. The van der Waals surface area contributed by atoms with Gasteiger partial charge in [-0.3, -0.25) is 0 Å². The Morgan fingerprint density at radius 3 is 2.65 bits per heavy atom. The molecule has 1 atom stereocenters. The van der Waals surface area contributed by atoms with E-state index in [0.717, 1.165) is 12.8 Å². The van der Waals surface area contributed by atoms with E-state index in [1.807, 2.05) is 0 Å².